The van der Waals surface area contributed by atoms with Crippen LogP contribution in [0.5, 0.6) is 5.75 Å². The Kier molecular flexibility index (Phi) is 6.29. The first-order valence-electron chi connectivity index (χ1n) is 9.22. The van der Waals surface area contributed by atoms with E-state index in [-0.39, 0.29) is 23.9 Å². The molecule has 0 saturated carbocycles. The van der Waals surface area contributed by atoms with Crippen molar-refractivity contribution in [1.29, 1.82) is 0 Å². The van der Waals surface area contributed by atoms with E-state index in [1.165, 1.54) is 4.68 Å². The van der Waals surface area contributed by atoms with Crippen LogP contribution in [0.15, 0.2) is 60.7 Å². The lowest BCUT2D eigenvalue weighted by Gasteiger charge is -2.16. The summed E-state index contributed by atoms with van der Waals surface area (Å²) in [6.45, 7) is 0.440. The fourth-order valence-corrected chi connectivity index (χ4v) is 2.93. The molecular weight excluding hydrogens is 368 g/mol. The molecule has 7 heteroatoms. The summed E-state index contributed by atoms with van der Waals surface area (Å²) in [6.07, 6.45) is 0.257. The first-order valence-corrected chi connectivity index (χ1v) is 9.22. The van der Waals surface area contributed by atoms with Gasteiger partial charge in [0.1, 0.15) is 11.6 Å². The van der Waals surface area contributed by atoms with Crippen molar-refractivity contribution in [3.8, 4) is 5.75 Å². The Labute approximate surface area is 169 Å². The van der Waals surface area contributed by atoms with Crippen LogP contribution in [0.4, 0.5) is 5.82 Å². The van der Waals surface area contributed by atoms with Gasteiger partial charge in [-0.05, 0) is 23.3 Å². The van der Waals surface area contributed by atoms with Crippen LogP contribution in [-0.4, -0.2) is 40.7 Å². The molecule has 1 heterocycles. The van der Waals surface area contributed by atoms with Gasteiger partial charge in [0, 0.05) is 26.7 Å². The predicted octanol–water partition coefficient (Wildman–Crippen LogP) is 2.88. The van der Waals surface area contributed by atoms with Gasteiger partial charge in [0.2, 0.25) is 5.91 Å². The lowest BCUT2D eigenvalue weighted by molar-refractivity contribution is -0.115. The summed E-state index contributed by atoms with van der Waals surface area (Å²) < 4.78 is 6.65. The van der Waals surface area contributed by atoms with Crippen molar-refractivity contribution in [2.75, 3.05) is 19.5 Å². The predicted molar refractivity (Wildman–Crippen MR) is 111 cm³/mol. The molecule has 0 atom stereocenters. The van der Waals surface area contributed by atoms with E-state index >= 15 is 0 Å². The molecule has 0 saturated heterocycles. The van der Waals surface area contributed by atoms with Gasteiger partial charge >= 0.3 is 0 Å². The summed E-state index contributed by atoms with van der Waals surface area (Å²) in [7, 11) is 5.02. The fraction of sp³-hybridized carbons (Fsp3) is 0.227. The second-order valence-corrected chi connectivity index (χ2v) is 6.76. The van der Waals surface area contributed by atoms with Crippen LogP contribution >= 0.6 is 0 Å². The van der Waals surface area contributed by atoms with Crippen LogP contribution in [0, 0.1) is 0 Å². The van der Waals surface area contributed by atoms with E-state index in [1.54, 1.807) is 32.2 Å². The zero-order valence-corrected chi connectivity index (χ0v) is 16.8. The van der Waals surface area contributed by atoms with Gasteiger partial charge in [-0.25, -0.2) is 0 Å². The normalized spacial score (nSPS) is 10.4. The molecule has 2 aromatic carbocycles. The van der Waals surface area contributed by atoms with Gasteiger partial charge in [0.25, 0.3) is 5.91 Å². The van der Waals surface area contributed by atoms with Crippen LogP contribution in [-0.2, 0) is 24.8 Å². The number of methoxy groups -OCH3 is 1. The summed E-state index contributed by atoms with van der Waals surface area (Å²) in [5.74, 6) is 0.861. The van der Waals surface area contributed by atoms with E-state index in [1.807, 2.05) is 54.6 Å². The molecule has 0 bridgehead atoms. The molecule has 0 unspecified atom stereocenters. The Hall–Kier alpha value is -3.61. The number of carbonyl (C=O) groups is 2. The van der Waals surface area contributed by atoms with Crippen LogP contribution in [0.3, 0.4) is 0 Å². The number of benzene rings is 2. The number of amides is 2. The molecule has 150 valence electrons. The van der Waals surface area contributed by atoms with Crippen LogP contribution in [0.25, 0.3) is 0 Å². The Morgan fingerprint density at radius 1 is 1.07 bits per heavy atom. The van der Waals surface area contributed by atoms with E-state index in [2.05, 4.69) is 10.4 Å². The highest BCUT2D eigenvalue weighted by atomic mass is 16.5. The maximum Gasteiger partial charge on any atom is 0.274 e. The molecule has 7 nitrogen and oxygen atoms in total. The maximum absolute atomic E-state index is 12.7. The molecule has 0 aliphatic rings. The third-order valence-electron chi connectivity index (χ3n) is 4.50. The maximum atomic E-state index is 12.7. The molecular formula is C22H24N4O3. The first kappa shape index (κ1) is 20.1. The summed E-state index contributed by atoms with van der Waals surface area (Å²) in [6, 6.07) is 18.6. The number of carbonyl (C=O) groups excluding carboxylic acids is 2. The van der Waals surface area contributed by atoms with Crippen molar-refractivity contribution < 1.29 is 14.3 Å². The quantitative estimate of drug-likeness (QED) is 0.671. The van der Waals surface area contributed by atoms with Gasteiger partial charge in [0.15, 0.2) is 5.69 Å². The molecule has 0 aliphatic heterocycles. The van der Waals surface area contributed by atoms with E-state index < -0.39 is 0 Å². The number of hydrogen-bond acceptors (Lipinski definition) is 4. The Bertz CT molecular complexity index is 981. The van der Waals surface area contributed by atoms with Crippen LogP contribution in [0.1, 0.15) is 21.6 Å². The zero-order chi connectivity index (χ0) is 20.8. The number of hydrogen-bond donors (Lipinski definition) is 1. The Balaban J connectivity index is 1.63. The first-order chi connectivity index (χ1) is 14.0. The number of nitrogens with one attached hydrogen (secondary N) is 1. The monoisotopic (exact) mass is 392 g/mol. The molecule has 2 amide bonds. The molecule has 0 radical (unpaired) electrons. The van der Waals surface area contributed by atoms with Crippen molar-refractivity contribution in [2.45, 2.75) is 13.0 Å². The number of anilines is 1. The smallest absolute Gasteiger partial charge is 0.274 e. The minimum Gasteiger partial charge on any atom is -0.497 e. The van der Waals surface area contributed by atoms with E-state index in [0.29, 0.717) is 12.4 Å². The molecule has 0 aliphatic carbocycles. The van der Waals surface area contributed by atoms with Crippen molar-refractivity contribution >= 4 is 17.6 Å². The third-order valence-corrected chi connectivity index (χ3v) is 4.50. The van der Waals surface area contributed by atoms with Crippen molar-refractivity contribution in [2.24, 2.45) is 7.05 Å². The number of nitrogens with zero attached hydrogens (tertiary/aromatic N) is 3. The summed E-state index contributed by atoms with van der Waals surface area (Å²) in [5, 5.41) is 7.06. The van der Waals surface area contributed by atoms with Gasteiger partial charge in [-0.3, -0.25) is 14.3 Å². The Morgan fingerprint density at radius 2 is 1.76 bits per heavy atom. The average Bonchev–Trinajstić information content (AvgIpc) is 3.08. The summed E-state index contributed by atoms with van der Waals surface area (Å²) >= 11 is 0. The van der Waals surface area contributed by atoms with Gasteiger partial charge in [-0.2, -0.15) is 5.10 Å². The van der Waals surface area contributed by atoms with Crippen LogP contribution < -0.4 is 10.1 Å². The third kappa shape index (κ3) is 5.22. The molecule has 1 N–H and O–H groups in total. The molecule has 3 aromatic rings. The molecule has 0 fully saturated rings. The minimum absolute atomic E-state index is 0.162. The minimum atomic E-state index is -0.222. The second-order valence-electron chi connectivity index (χ2n) is 6.76. The molecule has 1 aromatic heterocycles. The van der Waals surface area contributed by atoms with E-state index in [9.17, 15) is 9.59 Å². The number of rotatable bonds is 7. The van der Waals surface area contributed by atoms with Gasteiger partial charge in [0.05, 0.1) is 13.5 Å². The lowest BCUT2D eigenvalue weighted by Crippen LogP contribution is -2.26. The van der Waals surface area contributed by atoms with Gasteiger partial charge < -0.3 is 15.0 Å². The molecule has 3 rings (SSSR count). The SMILES string of the molecule is COc1ccc(CN(C)C(=O)c2cc(NC(=O)Cc3ccccc3)n(C)n2)cc1. The fourth-order valence-electron chi connectivity index (χ4n) is 2.93. The van der Waals surface area contributed by atoms with E-state index in [4.69, 9.17) is 4.74 Å². The standard InChI is InChI=1S/C22H24N4O3/c1-25(15-17-9-11-18(29-3)12-10-17)22(28)19-14-20(26(2)24-19)23-21(27)13-16-7-5-4-6-8-16/h4-12,14H,13,15H2,1-3H3,(H,23,27). The van der Waals surface area contributed by atoms with Crippen molar-refractivity contribution in [3.63, 3.8) is 0 Å². The number of ether oxygens (including phenoxy) is 1. The average molecular weight is 392 g/mol. The highest BCUT2D eigenvalue weighted by Crippen LogP contribution is 2.15. The van der Waals surface area contributed by atoms with E-state index in [0.717, 1.165) is 16.9 Å². The van der Waals surface area contributed by atoms with Crippen molar-refractivity contribution in [3.05, 3.63) is 77.5 Å². The van der Waals surface area contributed by atoms with Gasteiger partial charge in [-0.15, -0.1) is 0 Å². The topological polar surface area (TPSA) is 76.5 Å². The van der Waals surface area contributed by atoms with Crippen LogP contribution in [0.2, 0.25) is 0 Å². The number of aryl methyl sites for hydroxylation is 1. The summed E-state index contributed by atoms with van der Waals surface area (Å²) in [4.78, 5) is 26.6. The lowest BCUT2D eigenvalue weighted by atomic mass is 10.1. The number of aromatic nitrogens is 2. The van der Waals surface area contributed by atoms with Crippen molar-refractivity contribution in [1.82, 2.24) is 14.7 Å². The Morgan fingerprint density at radius 3 is 2.41 bits per heavy atom. The second kappa shape index (κ2) is 9.05. The highest BCUT2D eigenvalue weighted by molar-refractivity contribution is 5.95. The molecule has 29 heavy (non-hydrogen) atoms. The zero-order valence-electron chi connectivity index (χ0n) is 16.8. The van der Waals surface area contributed by atoms with Gasteiger partial charge in [-0.1, -0.05) is 42.5 Å². The largest absolute Gasteiger partial charge is 0.497 e. The molecule has 0 spiro atoms. The highest BCUT2D eigenvalue weighted by Gasteiger charge is 2.18. The summed E-state index contributed by atoms with van der Waals surface area (Å²) in [5.41, 5.74) is 2.18.